The quantitative estimate of drug-likeness (QED) is 0.854. The fourth-order valence-electron chi connectivity index (χ4n) is 2.69. The van der Waals surface area contributed by atoms with Crippen molar-refractivity contribution in [1.29, 1.82) is 0 Å². The Bertz CT molecular complexity index is 337. The molecule has 2 aliphatic rings. The normalized spacial score (nSPS) is 27.4. The maximum atomic E-state index is 5.42. The van der Waals surface area contributed by atoms with Crippen LogP contribution >= 0.6 is 11.3 Å². The summed E-state index contributed by atoms with van der Waals surface area (Å²) >= 11 is 2.04. The fraction of sp³-hybridized carbons (Fsp3) is 0.692. The molecule has 2 nitrogen and oxygen atoms in total. The van der Waals surface area contributed by atoms with Gasteiger partial charge in [0.05, 0.1) is 0 Å². The van der Waals surface area contributed by atoms with Crippen molar-refractivity contribution in [3.8, 4) is 0 Å². The lowest BCUT2D eigenvalue weighted by Gasteiger charge is -2.20. The third-order valence-electron chi connectivity index (χ3n) is 3.73. The Balaban J connectivity index is 1.71. The van der Waals surface area contributed by atoms with Crippen LogP contribution in [-0.2, 0) is 4.74 Å². The van der Waals surface area contributed by atoms with Crippen molar-refractivity contribution in [2.24, 2.45) is 0 Å². The molecule has 0 saturated carbocycles. The van der Waals surface area contributed by atoms with E-state index in [9.17, 15) is 0 Å². The Hall–Kier alpha value is -0.380. The van der Waals surface area contributed by atoms with E-state index in [2.05, 4.69) is 17.4 Å². The number of nitrogens with one attached hydrogen (secondary N) is 1. The van der Waals surface area contributed by atoms with Crippen LogP contribution in [0.3, 0.4) is 0 Å². The Labute approximate surface area is 101 Å². The molecule has 0 spiro atoms. The van der Waals surface area contributed by atoms with E-state index in [4.69, 9.17) is 4.74 Å². The molecule has 88 valence electrons. The number of rotatable bonds is 2. The minimum atomic E-state index is 0.766. The molecule has 1 unspecified atom stereocenters. The fourth-order valence-corrected chi connectivity index (χ4v) is 4.00. The van der Waals surface area contributed by atoms with Gasteiger partial charge in [0.25, 0.3) is 0 Å². The van der Waals surface area contributed by atoms with Gasteiger partial charge in [0, 0.05) is 35.4 Å². The van der Waals surface area contributed by atoms with Crippen LogP contribution in [0.25, 0.3) is 0 Å². The molecule has 2 aliphatic heterocycles. The SMILES string of the molecule is c1cc(C2CCNC2)sc1C1CCOCC1. The van der Waals surface area contributed by atoms with E-state index in [-0.39, 0.29) is 0 Å². The van der Waals surface area contributed by atoms with Gasteiger partial charge in [-0.1, -0.05) is 0 Å². The molecule has 0 radical (unpaired) electrons. The van der Waals surface area contributed by atoms with Gasteiger partial charge in [0.15, 0.2) is 0 Å². The van der Waals surface area contributed by atoms with E-state index >= 15 is 0 Å². The molecular weight excluding hydrogens is 218 g/mol. The van der Waals surface area contributed by atoms with E-state index in [1.54, 1.807) is 9.75 Å². The van der Waals surface area contributed by atoms with Gasteiger partial charge in [0.2, 0.25) is 0 Å². The molecular formula is C13H19NOS. The zero-order chi connectivity index (χ0) is 10.8. The van der Waals surface area contributed by atoms with E-state index in [1.807, 2.05) is 11.3 Å². The van der Waals surface area contributed by atoms with Gasteiger partial charge in [-0.25, -0.2) is 0 Å². The Morgan fingerprint density at radius 1 is 1.06 bits per heavy atom. The molecule has 0 aliphatic carbocycles. The topological polar surface area (TPSA) is 21.3 Å². The summed E-state index contributed by atoms with van der Waals surface area (Å²) in [6.45, 7) is 4.26. The molecule has 3 heteroatoms. The first kappa shape index (κ1) is 10.8. The van der Waals surface area contributed by atoms with Crippen LogP contribution in [0.4, 0.5) is 0 Å². The molecule has 1 N–H and O–H groups in total. The number of hydrogen-bond donors (Lipinski definition) is 1. The molecule has 2 fully saturated rings. The van der Waals surface area contributed by atoms with E-state index in [0.717, 1.165) is 25.0 Å². The minimum absolute atomic E-state index is 0.766. The number of hydrogen-bond acceptors (Lipinski definition) is 3. The molecule has 2 saturated heterocycles. The molecule has 1 aromatic rings. The van der Waals surface area contributed by atoms with Crippen molar-refractivity contribution < 1.29 is 4.74 Å². The van der Waals surface area contributed by atoms with Crippen LogP contribution in [0.5, 0.6) is 0 Å². The predicted octanol–water partition coefficient (Wildman–Crippen LogP) is 2.72. The highest BCUT2D eigenvalue weighted by Gasteiger charge is 2.22. The number of ether oxygens (including phenoxy) is 1. The highest BCUT2D eigenvalue weighted by molar-refractivity contribution is 7.12. The summed E-state index contributed by atoms with van der Waals surface area (Å²) in [4.78, 5) is 3.18. The summed E-state index contributed by atoms with van der Waals surface area (Å²) in [6.07, 6.45) is 3.74. The predicted molar refractivity (Wildman–Crippen MR) is 67.3 cm³/mol. The summed E-state index contributed by atoms with van der Waals surface area (Å²) in [5, 5.41) is 3.45. The molecule has 3 heterocycles. The maximum Gasteiger partial charge on any atom is 0.0472 e. The zero-order valence-electron chi connectivity index (χ0n) is 9.58. The van der Waals surface area contributed by atoms with Crippen LogP contribution in [-0.4, -0.2) is 26.3 Å². The second kappa shape index (κ2) is 4.86. The van der Waals surface area contributed by atoms with Crippen LogP contribution in [0.15, 0.2) is 12.1 Å². The van der Waals surface area contributed by atoms with Crippen molar-refractivity contribution in [2.45, 2.75) is 31.1 Å². The average molecular weight is 237 g/mol. The summed E-state index contributed by atoms with van der Waals surface area (Å²) in [5.74, 6) is 1.54. The lowest BCUT2D eigenvalue weighted by atomic mass is 9.98. The Morgan fingerprint density at radius 3 is 2.50 bits per heavy atom. The zero-order valence-corrected chi connectivity index (χ0v) is 10.4. The van der Waals surface area contributed by atoms with Crippen LogP contribution in [0, 0.1) is 0 Å². The van der Waals surface area contributed by atoms with Gasteiger partial charge in [-0.3, -0.25) is 0 Å². The van der Waals surface area contributed by atoms with E-state index in [1.165, 1.54) is 32.4 Å². The van der Waals surface area contributed by atoms with Gasteiger partial charge in [0.1, 0.15) is 0 Å². The van der Waals surface area contributed by atoms with Crippen molar-refractivity contribution in [3.63, 3.8) is 0 Å². The second-order valence-corrected chi connectivity index (χ2v) is 5.96. The largest absolute Gasteiger partial charge is 0.381 e. The summed E-state index contributed by atoms with van der Waals surface area (Å²) in [5.41, 5.74) is 0. The molecule has 1 atom stereocenters. The van der Waals surface area contributed by atoms with Crippen molar-refractivity contribution in [1.82, 2.24) is 5.32 Å². The van der Waals surface area contributed by atoms with Gasteiger partial charge in [-0.2, -0.15) is 0 Å². The highest BCUT2D eigenvalue weighted by Crippen LogP contribution is 2.36. The first-order valence-electron chi connectivity index (χ1n) is 6.31. The average Bonchev–Trinajstić information content (AvgIpc) is 3.01. The smallest absolute Gasteiger partial charge is 0.0472 e. The third kappa shape index (κ3) is 2.17. The van der Waals surface area contributed by atoms with Gasteiger partial charge in [-0.15, -0.1) is 11.3 Å². The van der Waals surface area contributed by atoms with Crippen molar-refractivity contribution >= 4 is 11.3 Å². The first-order chi connectivity index (χ1) is 7.93. The molecule has 0 bridgehead atoms. The lowest BCUT2D eigenvalue weighted by molar-refractivity contribution is 0.0860. The second-order valence-electron chi connectivity index (χ2n) is 4.82. The minimum Gasteiger partial charge on any atom is -0.381 e. The van der Waals surface area contributed by atoms with Gasteiger partial charge in [-0.05, 0) is 43.9 Å². The summed E-state index contributed by atoms with van der Waals surface area (Å²) < 4.78 is 5.42. The van der Waals surface area contributed by atoms with E-state index in [0.29, 0.717) is 0 Å². The summed E-state index contributed by atoms with van der Waals surface area (Å²) in [6, 6.07) is 4.71. The number of thiophene rings is 1. The van der Waals surface area contributed by atoms with E-state index < -0.39 is 0 Å². The Kier molecular flexibility index (Phi) is 3.27. The highest BCUT2D eigenvalue weighted by atomic mass is 32.1. The van der Waals surface area contributed by atoms with Crippen LogP contribution < -0.4 is 5.32 Å². The van der Waals surface area contributed by atoms with Gasteiger partial charge >= 0.3 is 0 Å². The summed E-state index contributed by atoms with van der Waals surface area (Å²) in [7, 11) is 0. The standard InChI is InChI=1S/C13H19NOS/c1-2-13(11-3-6-14-9-11)16-12(1)10-4-7-15-8-5-10/h1-2,10-11,14H,3-9H2. The van der Waals surface area contributed by atoms with Crippen LogP contribution in [0.1, 0.15) is 40.9 Å². The monoisotopic (exact) mass is 237 g/mol. The first-order valence-corrected chi connectivity index (χ1v) is 7.13. The maximum absolute atomic E-state index is 5.42. The van der Waals surface area contributed by atoms with Gasteiger partial charge < -0.3 is 10.1 Å². The van der Waals surface area contributed by atoms with Crippen LogP contribution in [0.2, 0.25) is 0 Å². The van der Waals surface area contributed by atoms with Crippen molar-refractivity contribution in [2.75, 3.05) is 26.3 Å². The molecule has 0 aromatic carbocycles. The Morgan fingerprint density at radius 2 is 1.81 bits per heavy atom. The molecule has 3 rings (SSSR count). The van der Waals surface area contributed by atoms with Crippen molar-refractivity contribution in [3.05, 3.63) is 21.9 Å². The molecule has 1 aromatic heterocycles. The third-order valence-corrected chi connectivity index (χ3v) is 5.14. The molecule has 0 amide bonds. The lowest BCUT2D eigenvalue weighted by Crippen LogP contribution is -2.12. The molecule has 16 heavy (non-hydrogen) atoms.